The maximum Gasteiger partial charge on any atom is 0.128 e. The molecule has 1 fully saturated rings. The van der Waals surface area contributed by atoms with Crippen LogP contribution in [0, 0.1) is 0 Å². The first-order valence-corrected chi connectivity index (χ1v) is 7.94. The van der Waals surface area contributed by atoms with Crippen molar-refractivity contribution in [1.82, 2.24) is 14.9 Å². The minimum Gasteiger partial charge on any atom is -0.362 e. The average molecular weight is 303 g/mol. The number of rotatable bonds is 4. The number of hydrogen-bond donors (Lipinski definition) is 1. The van der Waals surface area contributed by atoms with Crippen LogP contribution in [0.15, 0.2) is 30.6 Å². The lowest BCUT2D eigenvalue weighted by Gasteiger charge is -2.31. The molecule has 2 aliphatic rings. The molecule has 1 aliphatic heterocycles. The molecular formula is C16H19ClN4. The minimum atomic E-state index is 0.706. The van der Waals surface area contributed by atoms with Crippen LogP contribution in [-0.4, -0.2) is 22.1 Å². The molecule has 5 heteroatoms. The van der Waals surface area contributed by atoms with Gasteiger partial charge in [-0.1, -0.05) is 11.6 Å². The van der Waals surface area contributed by atoms with Crippen LogP contribution in [0.1, 0.15) is 24.2 Å². The summed E-state index contributed by atoms with van der Waals surface area (Å²) in [6.45, 7) is 3.77. The van der Waals surface area contributed by atoms with E-state index < -0.39 is 0 Å². The standard InChI is InChI=1S/C16H19ClN4/c17-13-1-4-15(12(9-13)10-19-14-2-3-14)21-8-7-20-6-5-18-16(20)11-21/h1,4-6,9,14,19H,2-3,7-8,10-11H2. The normalized spacial score (nSPS) is 17.9. The zero-order valence-corrected chi connectivity index (χ0v) is 12.7. The molecule has 1 aromatic heterocycles. The fourth-order valence-electron chi connectivity index (χ4n) is 2.93. The lowest BCUT2D eigenvalue weighted by molar-refractivity contribution is 0.557. The van der Waals surface area contributed by atoms with Crippen molar-refractivity contribution < 1.29 is 0 Å². The quantitative estimate of drug-likeness (QED) is 0.943. The maximum atomic E-state index is 6.19. The molecule has 0 amide bonds. The molecule has 0 spiro atoms. The summed E-state index contributed by atoms with van der Waals surface area (Å²) in [5, 5.41) is 4.40. The number of benzene rings is 1. The van der Waals surface area contributed by atoms with Crippen molar-refractivity contribution in [2.24, 2.45) is 0 Å². The molecule has 1 saturated carbocycles. The van der Waals surface area contributed by atoms with Crippen LogP contribution in [0.25, 0.3) is 0 Å². The Hall–Kier alpha value is -1.52. The van der Waals surface area contributed by atoms with E-state index in [0.717, 1.165) is 37.0 Å². The van der Waals surface area contributed by atoms with Gasteiger partial charge in [-0.05, 0) is 36.6 Å². The fraction of sp³-hybridized carbons (Fsp3) is 0.438. The van der Waals surface area contributed by atoms with Gasteiger partial charge < -0.3 is 14.8 Å². The summed E-state index contributed by atoms with van der Waals surface area (Å²) < 4.78 is 2.23. The van der Waals surface area contributed by atoms with Crippen LogP contribution in [0.3, 0.4) is 0 Å². The first-order chi connectivity index (χ1) is 10.3. The van der Waals surface area contributed by atoms with E-state index in [1.807, 2.05) is 12.3 Å². The second-order valence-electron chi connectivity index (χ2n) is 5.89. The Kier molecular flexibility index (Phi) is 3.36. The predicted octanol–water partition coefficient (Wildman–Crippen LogP) is 2.81. The van der Waals surface area contributed by atoms with Crippen molar-refractivity contribution in [2.75, 3.05) is 11.4 Å². The third kappa shape index (κ3) is 2.78. The Balaban J connectivity index is 1.58. The molecule has 1 aliphatic carbocycles. The summed E-state index contributed by atoms with van der Waals surface area (Å²) in [5.74, 6) is 1.14. The van der Waals surface area contributed by atoms with Crippen LogP contribution in [-0.2, 0) is 19.6 Å². The molecule has 1 N–H and O–H groups in total. The number of halogens is 1. The summed E-state index contributed by atoms with van der Waals surface area (Å²) in [5.41, 5.74) is 2.57. The number of imidazole rings is 1. The second-order valence-corrected chi connectivity index (χ2v) is 6.32. The Bertz CT molecular complexity index is 647. The van der Waals surface area contributed by atoms with E-state index in [1.54, 1.807) is 0 Å². The molecule has 4 nitrogen and oxygen atoms in total. The molecule has 4 rings (SSSR count). The summed E-state index contributed by atoms with van der Waals surface area (Å²) in [6.07, 6.45) is 6.55. The largest absolute Gasteiger partial charge is 0.362 e. The Morgan fingerprint density at radius 2 is 2.19 bits per heavy atom. The molecule has 0 saturated heterocycles. The molecule has 0 atom stereocenters. The molecule has 0 radical (unpaired) electrons. The zero-order chi connectivity index (χ0) is 14.2. The molecule has 0 unspecified atom stereocenters. The van der Waals surface area contributed by atoms with Gasteiger partial charge in [0.25, 0.3) is 0 Å². The number of aromatic nitrogens is 2. The molecule has 2 aromatic rings. The van der Waals surface area contributed by atoms with E-state index in [0.29, 0.717) is 6.04 Å². The predicted molar refractivity (Wildman–Crippen MR) is 84.6 cm³/mol. The van der Waals surface area contributed by atoms with Gasteiger partial charge in [0.05, 0.1) is 6.54 Å². The van der Waals surface area contributed by atoms with E-state index in [9.17, 15) is 0 Å². The van der Waals surface area contributed by atoms with Gasteiger partial charge in [-0.15, -0.1) is 0 Å². The number of fused-ring (bicyclic) bond motifs is 1. The van der Waals surface area contributed by atoms with Crippen LogP contribution in [0.2, 0.25) is 5.02 Å². The van der Waals surface area contributed by atoms with Gasteiger partial charge in [-0.3, -0.25) is 0 Å². The summed E-state index contributed by atoms with van der Waals surface area (Å²) >= 11 is 6.19. The topological polar surface area (TPSA) is 33.1 Å². The Morgan fingerprint density at radius 3 is 3.05 bits per heavy atom. The third-order valence-electron chi connectivity index (χ3n) is 4.29. The highest BCUT2D eigenvalue weighted by Crippen LogP contribution is 2.28. The van der Waals surface area contributed by atoms with Crippen molar-refractivity contribution in [1.29, 1.82) is 0 Å². The van der Waals surface area contributed by atoms with E-state index >= 15 is 0 Å². The molecular weight excluding hydrogens is 284 g/mol. The van der Waals surface area contributed by atoms with Crippen LogP contribution >= 0.6 is 11.6 Å². The molecule has 110 valence electrons. The zero-order valence-electron chi connectivity index (χ0n) is 11.9. The number of anilines is 1. The summed E-state index contributed by atoms with van der Waals surface area (Å²) in [4.78, 5) is 6.85. The highest BCUT2D eigenvalue weighted by Gasteiger charge is 2.22. The molecule has 2 heterocycles. The van der Waals surface area contributed by atoms with Crippen molar-refractivity contribution in [3.05, 3.63) is 47.0 Å². The van der Waals surface area contributed by atoms with E-state index in [-0.39, 0.29) is 0 Å². The summed E-state index contributed by atoms with van der Waals surface area (Å²) in [7, 11) is 0. The SMILES string of the molecule is Clc1ccc(N2CCn3ccnc3C2)c(CNC2CC2)c1. The van der Waals surface area contributed by atoms with E-state index in [1.165, 1.54) is 24.1 Å². The summed E-state index contributed by atoms with van der Waals surface area (Å²) in [6, 6.07) is 6.92. The lowest BCUT2D eigenvalue weighted by Crippen LogP contribution is -2.34. The first-order valence-electron chi connectivity index (χ1n) is 7.56. The fourth-order valence-corrected chi connectivity index (χ4v) is 3.12. The van der Waals surface area contributed by atoms with Crippen LogP contribution in [0.5, 0.6) is 0 Å². The molecule has 21 heavy (non-hydrogen) atoms. The monoisotopic (exact) mass is 302 g/mol. The van der Waals surface area contributed by atoms with Crippen molar-refractivity contribution in [3.63, 3.8) is 0 Å². The van der Waals surface area contributed by atoms with Gasteiger partial charge in [0, 0.05) is 48.8 Å². The van der Waals surface area contributed by atoms with Crippen LogP contribution in [0.4, 0.5) is 5.69 Å². The first kappa shape index (κ1) is 13.2. The van der Waals surface area contributed by atoms with Gasteiger partial charge in [-0.2, -0.15) is 0 Å². The second kappa shape index (κ2) is 5.35. The maximum absolute atomic E-state index is 6.19. The number of nitrogens with zero attached hydrogens (tertiary/aromatic N) is 3. The van der Waals surface area contributed by atoms with E-state index in [4.69, 9.17) is 11.6 Å². The molecule has 1 aromatic carbocycles. The van der Waals surface area contributed by atoms with Crippen molar-refractivity contribution in [3.8, 4) is 0 Å². The average Bonchev–Trinajstić information content (AvgIpc) is 3.20. The Labute approximate surface area is 129 Å². The van der Waals surface area contributed by atoms with Gasteiger partial charge in [0.2, 0.25) is 0 Å². The smallest absolute Gasteiger partial charge is 0.128 e. The minimum absolute atomic E-state index is 0.706. The Morgan fingerprint density at radius 1 is 1.29 bits per heavy atom. The lowest BCUT2D eigenvalue weighted by atomic mass is 10.1. The third-order valence-corrected chi connectivity index (χ3v) is 4.52. The van der Waals surface area contributed by atoms with Gasteiger partial charge in [0.1, 0.15) is 5.82 Å². The van der Waals surface area contributed by atoms with E-state index in [2.05, 4.69) is 38.1 Å². The number of nitrogens with one attached hydrogen (secondary N) is 1. The molecule has 0 bridgehead atoms. The van der Waals surface area contributed by atoms with Gasteiger partial charge in [-0.25, -0.2) is 4.98 Å². The van der Waals surface area contributed by atoms with Gasteiger partial charge >= 0.3 is 0 Å². The van der Waals surface area contributed by atoms with Crippen molar-refractivity contribution >= 4 is 17.3 Å². The highest BCUT2D eigenvalue weighted by molar-refractivity contribution is 6.30. The number of hydrogen-bond acceptors (Lipinski definition) is 3. The van der Waals surface area contributed by atoms with Gasteiger partial charge in [0.15, 0.2) is 0 Å². The highest BCUT2D eigenvalue weighted by atomic mass is 35.5. The van der Waals surface area contributed by atoms with Crippen LogP contribution < -0.4 is 10.2 Å². The van der Waals surface area contributed by atoms with Crippen molar-refractivity contribution in [2.45, 2.75) is 38.5 Å².